The van der Waals surface area contributed by atoms with Gasteiger partial charge in [-0.2, -0.15) is 18.4 Å². The number of carbonyl (C=O) groups excluding carboxylic acids is 1. The highest BCUT2D eigenvalue weighted by atomic mass is 19.4. The fraction of sp³-hybridized carbons (Fsp3) is 0.556. The van der Waals surface area contributed by atoms with Gasteiger partial charge in [0.25, 0.3) is 0 Å². The Hall–Kier alpha value is -2.28. The van der Waals surface area contributed by atoms with Gasteiger partial charge < -0.3 is 5.32 Å². The van der Waals surface area contributed by atoms with E-state index in [0.29, 0.717) is 12.8 Å². The Morgan fingerprint density at radius 2 is 1.79 bits per heavy atom. The number of rotatable bonds is 8. The molecule has 28 heavy (non-hydrogen) atoms. The zero-order chi connectivity index (χ0) is 21.2. The highest BCUT2D eigenvalue weighted by Crippen LogP contribution is 2.37. The van der Waals surface area contributed by atoms with E-state index in [2.05, 4.69) is 5.32 Å². The van der Waals surface area contributed by atoms with Crippen molar-refractivity contribution >= 4 is 5.91 Å². The van der Waals surface area contributed by atoms with Crippen LogP contribution < -0.4 is 10.6 Å². The summed E-state index contributed by atoms with van der Waals surface area (Å²) >= 11 is 0. The molecule has 0 radical (unpaired) electrons. The number of hydrogen-bond acceptors (Lipinski definition) is 3. The summed E-state index contributed by atoms with van der Waals surface area (Å²) in [6.07, 6.45) is -6.18. The van der Waals surface area contributed by atoms with Crippen LogP contribution in [0.4, 0.5) is 26.3 Å². The van der Waals surface area contributed by atoms with E-state index in [1.807, 2.05) is 11.4 Å². The lowest BCUT2D eigenvalue weighted by atomic mass is 10.0. The minimum Gasteiger partial charge on any atom is -0.336 e. The normalized spacial score (nSPS) is 18.1. The molecule has 0 spiro atoms. The molecule has 1 amide bonds. The van der Waals surface area contributed by atoms with Gasteiger partial charge in [-0.25, -0.2) is 13.2 Å². The molecule has 2 atom stereocenters. The number of alkyl halides is 5. The Bertz CT molecular complexity index is 737. The minimum atomic E-state index is -4.93. The standard InChI is InChI=1S/C18H19F6N3O/c1-2-17(20,21)9-13(15(28)27-16(10-25)7-8-16)26-14(18(22,23)24)11-3-5-12(19)6-4-11/h3-6,13-14,26H,2,7-9H2,1H3,(H,27,28)/t13-,14?/m0/s1. The molecule has 4 nitrogen and oxygen atoms in total. The first kappa shape index (κ1) is 22.0. The maximum Gasteiger partial charge on any atom is 0.407 e. The highest BCUT2D eigenvalue weighted by molar-refractivity contribution is 5.83. The fourth-order valence-electron chi connectivity index (χ4n) is 2.62. The van der Waals surface area contributed by atoms with Crippen molar-refractivity contribution in [3.05, 3.63) is 35.6 Å². The van der Waals surface area contributed by atoms with Gasteiger partial charge in [-0.3, -0.25) is 10.1 Å². The number of nitriles is 1. The molecule has 154 valence electrons. The van der Waals surface area contributed by atoms with Crippen molar-refractivity contribution < 1.29 is 31.1 Å². The van der Waals surface area contributed by atoms with Gasteiger partial charge >= 0.3 is 6.18 Å². The van der Waals surface area contributed by atoms with E-state index in [0.717, 1.165) is 31.2 Å². The molecule has 1 saturated carbocycles. The van der Waals surface area contributed by atoms with Crippen LogP contribution in [0.3, 0.4) is 0 Å². The lowest BCUT2D eigenvalue weighted by Gasteiger charge is -2.30. The summed E-state index contributed by atoms with van der Waals surface area (Å²) < 4.78 is 81.4. The first-order valence-electron chi connectivity index (χ1n) is 8.61. The number of halogens is 6. The average molecular weight is 407 g/mol. The quantitative estimate of drug-likeness (QED) is 0.641. The summed E-state index contributed by atoms with van der Waals surface area (Å²) in [5.74, 6) is -5.26. The van der Waals surface area contributed by atoms with E-state index in [1.54, 1.807) is 0 Å². The summed E-state index contributed by atoms with van der Waals surface area (Å²) in [7, 11) is 0. The van der Waals surface area contributed by atoms with Gasteiger partial charge in [0.2, 0.25) is 11.8 Å². The van der Waals surface area contributed by atoms with Crippen LogP contribution in [0.1, 0.15) is 44.2 Å². The number of benzene rings is 1. The maximum atomic E-state index is 13.9. The van der Waals surface area contributed by atoms with Crippen LogP contribution in [0.15, 0.2) is 24.3 Å². The van der Waals surface area contributed by atoms with Crippen LogP contribution in [0, 0.1) is 17.1 Å². The van der Waals surface area contributed by atoms with Crippen molar-refractivity contribution in [3.8, 4) is 6.07 Å². The second kappa shape index (κ2) is 7.99. The van der Waals surface area contributed by atoms with Crippen LogP contribution in [0.2, 0.25) is 0 Å². The van der Waals surface area contributed by atoms with Gasteiger partial charge in [0.15, 0.2) is 0 Å². The van der Waals surface area contributed by atoms with E-state index in [1.165, 1.54) is 0 Å². The third kappa shape index (κ3) is 5.61. The molecule has 0 bridgehead atoms. The van der Waals surface area contributed by atoms with Crippen molar-refractivity contribution in [2.24, 2.45) is 0 Å². The molecular formula is C18H19F6N3O. The lowest BCUT2D eigenvalue weighted by Crippen LogP contribution is -2.53. The SMILES string of the molecule is CCC(F)(F)C[C@H](NC(c1ccc(F)cc1)C(F)(F)F)C(=O)NC1(C#N)CC1. The molecule has 0 aliphatic heterocycles. The van der Waals surface area contributed by atoms with Gasteiger partial charge in [0, 0.05) is 12.8 Å². The molecule has 0 heterocycles. The Kier molecular flexibility index (Phi) is 6.28. The zero-order valence-electron chi connectivity index (χ0n) is 14.9. The zero-order valence-corrected chi connectivity index (χ0v) is 14.9. The van der Waals surface area contributed by atoms with Crippen LogP contribution in [0.25, 0.3) is 0 Å². The molecule has 2 N–H and O–H groups in total. The molecule has 1 unspecified atom stereocenters. The third-order valence-corrected chi connectivity index (χ3v) is 4.56. The van der Waals surface area contributed by atoms with Gasteiger partial charge in [-0.15, -0.1) is 0 Å². The largest absolute Gasteiger partial charge is 0.407 e. The second-order valence-electron chi connectivity index (χ2n) is 6.84. The summed E-state index contributed by atoms with van der Waals surface area (Å²) in [5, 5.41) is 13.2. The van der Waals surface area contributed by atoms with Crippen molar-refractivity contribution in [2.75, 3.05) is 0 Å². The molecule has 1 aliphatic rings. The van der Waals surface area contributed by atoms with Crippen molar-refractivity contribution in [1.29, 1.82) is 5.26 Å². The average Bonchev–Trinajstić information content (AvgIpc) is 3.38. The Labute approximate surface area is 157 Å². The predicted octanol–water partition coefficient (Wildman–Crippen LogP) is 4.00. The van der Waals surface area contributed by atoms with Crippen molar-refractivity contribution in [1.82, 2.24) is 10.6 Å². The number of amides is 1. The van der Waals surface area contributed by atoms with E-state index >= 15 is 0 Å². The van der Waals surface area contributed by atoms with Crippen molar-refractivity contribution in [3.63, 3.8) is 0 Å². The molecule has 1 aromatic rings. The molecule has 1 aromatic carbocycles. The first-order valence-corrected chi connectivity index (χ1v) is 8.61. The monoisotopic (exact) mass is 407 g/mol. The van der Waals surface area contributed by atoms with E-state index in [9.17, 15) is 31.1 Å². The van der Waals surface area contributed by atoms with Gasteiger partial charge in [0.05, 0.1) is 12.1 Å². The Balaban J connectivity index is 2.30. The summed E-state index contributed by atoms with van der Waals surface area (Å²) in [5.41, 5.74) is -1.64. The van der Waals surface area contributed by atoms with E-state index in [-0.39, 0.29) is 0 Å². The van der Waals surface area contributed by atoms with Crippen LogP contribution in [0.5, 0.6) is 0 Å². The van der Waals surface area contributed by atoms with Crippen LogP contribution in [-0.2, 0) is 4.79 Å². The van der Waals surface area contributed by atoms with Gasteiger partial charge in [-0.05, 0) is 30.5 Å². The molecule has 0 aromatic heterocycles. The highest BCUT2D eigenvalue weighted by Gasteiger charge is 2.49. The first-order chi connectivity index (χ1) is 12.9. The van der Waals surface area contributed by atoms with Gasteiger partial charge in [0.1, 0.15) is 17.4 Å². The Morgan fingerprint density at radius 3 is 2.21 bits per heavy atom. The van der Waals surface area contributed by atoms with Crippen LogP contribution >= 0.6 is 0 Å². The number of carbonyl (C=O) groups is 1. The fourth-order valence-corrected chi connectivity index (χ4v) is 2.62. The Morgan fingerprint density at radius 1 is 1.21 bits per heavy atom. The maximum absolute atomic E-state index is 13.9. The molecule has 2 rings (SSSR count). The summed E-state index contributed by atoms with van der Waals surface area (Å²) in [6, 6.07) is 0.800. The van der Waals surface area contributed by atoms with Crippen molar-refractivity contribution in [2.45, 2.75) is 62.3 Å². The van der Waals surface area contributed by atoms with E-state index in [4.69, 9.17) is 5.26 Å². The second-order valence-corrected chi connectivity index (χ2v) is 6.84. The lowest BCUT2D eigenvalue weighted by molar-refractivity contribution is -0.163. The predicted molar refractivity (Wildman–Crippen MR) is 87.7 cm³/mol. The minimum absolute atomic E-state index is 0.298. The number of nitrogens with zero attached hydrogens (tertiary/aromatic N) is 1. The number of hydrogen-bond donors (Lipinski definition) is 2. The molecule has 10 heteroatoms. The summed E-state index contributed by atoms with van der Waals surface area (Å²) in [6.45, 7) is 1.15. The third-order valence-electron chi connectivity index (χ3n) is 4.56. The van der Waals surface area contributed by atoms with E-state index < -0.39 is 59.9 Å². The smallest absolute Gasteiger partial charge is 0.336 e. The molecule has 0 saturated heterocycles. The van der Waals surface area contributed by atoms with Gasteiger partial charge in [-0.1, -0.05) is 19.1 Å². The molecule has 1 fully saturated rings. The van der Waals surface area contributed by atoms with Crippen LogP contribution in [-0.4, -0.2) is 29.6 Å². The topological polar surface area (TPSA) is 64.9 Å². The number of nitrogens with one attached hydrogen (secondary N) is 2. The molecular weight excluding hydrogens is 388 g/mol. The molecule has 1 aliphatic carbocycles. The summed E-state index contributed by atoms with van der Waals surface area (Å²) in [4.78, 5) is 12.4.